The molecule has 4 aromatic heterocycles. The molecule has 0 radical (unpaired) electrons. The third-order valence-corrected chi connectivity index (χ3v) is 8.65. The van der Waals surface area contributed by atoms with E-state index in [4.69, 9.17) is 0 Å². The summed E-state index contributed by atoms with van der Waals surface area (Å²) in [6.45, 7) is 12.7. The molecule has 0 saturated carbocycles. The Balaban J connectivity index is 1.44. The van der Waals surface area contributed by atoms with E-state index < -0.39 is 5.82 Å². The Kier molecular flexibility index (Phi) is 6.85. The van der Waals surface area contributed by atoms with Gasteiger partial charge in [0, 0.05) is 36.7 Å². The van der Waals surface area contributed by atoms with Crippen molar-refractivity contribution < 1.29 is 4.39 Å². The van der Waals surface area contributed by atoms with Gasteiger partial charge in [-0.05, 0) is 68.3 Å². The van der Waals surface area contributed by atoms with E-state index in [-0.39, 0.29) is 23.1 Å². The molecule has 194 valence electrons. The molecule has 4 aromatic rings. The average Bonchev–Trinajstić information content (AvgIpc) is 3.49. The topological polar surface area (TPSA) is 75.9 Å². The van der Waals surface area contributed by atoms with Crippen LogP contribution in [0.3, 0.4) is 0 Å². The van der Waals surface area contributed by atoms with Crippen LogP contribution in [0.2, 0.25) is 0 Å². The smallest absolute Gasteiger partial charge is 0.259 e. The van der Waals surface area contributed by atoms with Crippen LogP contribution in [0.1, 0.15) is 62.6 Å². The summed E-state index contributed by atoms with van der Waals surface area (Å²) < 4.78 is 17.5. The van der Waals surface area contributed by atoms with Crippen molar-refractivity contribution >= 4 is 33.2 Å². The second kappa shape index (κ2) is 9.95. The summed E-state index contributed by atoms with van der Waals surface area (Å²) in [5.74, 6) is 1.04. The summed E-state index contributed by atoms with van der Waals surface area (Å²) >= 11 is 1.41. The summed E-state index contributed by atoms with van der Waals surface area (Å²) in [7, 11) is 1.75. The van der Waals surface area contributed by atoms with Crippen molar-refractivity contribution in [2.45, 2.75) is 58.9 Å². The van der Waals surface area contributed by atoms with Crippen molar-refractivity contribution in [1.82, 2.24) is 24.4 Å². The van der Waals surface area contributed by atoms with Crippen LogP contribution < -0.4 is 10.9 Å². The number of hydrogen-bond donors (Lipinski definition) is 1. The van der Waals surface area contributed by atoms with E-state index in [9.17, 15) is 4.79 Å². The van der Waals surface area contributed by atoms with E-state index in [1.165, 1.54) is 23.1 Å². The number of nitrogens with zero attached hydrogens (tertiary/aromatic N) is 5. The van der Waals surface area contributed by atoms with E-state index in [1.54, 1.807) is 11.6 Å². The molecule has 7 nitrogen and oxygen atoms in total. The van der Waals surface area contributed by atoms with Gasteiger partial charge in [0.1, 0.15) is 11.5 Å². The molecule has 37 heavy (non-hydrogen) atoms. The van der Waals surface area contributed by atoms with Crippen LogP contribution in [0.5, 0.6) is 0 Å². The molecule has 1 aliphatic rings. The molecular formula is C28H33FN6OS. The van der Waals surface area contributed by atoms with Crippen LogP contribution >= 0.6 is 11.3 Å². The molecule has 0 aliphatic carbocycles. The van der Waals surface area contributed by atoms with E-state index in [0.29, 0.717) is 28.0 Å². The summed E-state index contributed by atoms with van der Waals surface area (Å²) in [6, 6.07) is 4.56. The number of hydrogen-bond acceptors (Lipinski definition) is 7. The molecule has 1 N–H and O–H groups in total. The number of thiophene rings is 1. The zero-order valence-corrected chi connectivity index (χ0v) is 23.0. The molecule has 1 unspecified atom stereocenters. The molecule has 9 heteroatoms. The van der Waals surface area contributed by atoms with Crippen LogP contribution in [0, 0.1) is 12.7 Å². The maximum Gasteiger partial charge on any atom is 0.259 e. The Labute approximate surface area is 220 Å². The molecule has 0 aromatic carbocycles. The van der Waals surface area contributed by atoms with Crippen LogP contribution in [0.15, 0.2) is 35.5 Å². The first-order valence-electron chi connectivity index (χ1n) is 12.8. The highest BCUT2D eigenvalue weighted by atomic mass is 32.1. The highest BCUT2D eigenvalue weighted by Gasteiger charge is 2.26. The number of pyridine rings is 2. The van der Waals surface area contributed by atoms with Gasteiger partial charge in [0.15, 0.2) is 5.82 Å². The lowest BCUT2D eigenvalue weighted by atomic mass is 10.0. The average molecular weight is 521 g/mol. The third-order valence-electron chi connectivity index (χ3n) is 7.30. The number of aromatic nitrogens is 4. The second-order valence-corrected chi connectivity index (χ2v) is 11.5. The predicted molar refractivity (Wildman–Crippen MR) is 148 cm³/mol. The Bertz CT molecular complexity index is 1510. The maximum absolute atomic E-state index is 15.0. The van der Waals surface area contributed by atoms with Gasteiger partial charge in [-0.25, -0.2) is 19.3 Å². The van der Waals surface area contributed by atoms with Gasteiger partial charge in [0.2, 0.25) is 5.95 Å². The number of aryl methyl sites for hydroxylation is 2. The van der Waals surface area contributed by atoms with Gasteiger partial charge in [0.05, 0.1) is 16.5 Å². The standard InChI is InChI=1S/C28H33FN6OS/c1-15(2)20-14-34(6)27(36)23-17(5)25(37-26(20)23)24-21(29)12-31-28(33-24)32-22-8-7-18(11-30-22)19-9-10-35(13-19)16(3)4/h7-8,11-12,14-16,19H,9-10,13H2,1-6H3,(H,30,31,32,33). The number of anilines is 2. The van der Waals surface area contributed by atoms with Gasteiger partial charge in [-0.15, -0.1) is 11.3 Å². The SMILES string of the molecule is Cc1c(-c2nc(Nc3ccc(C4CCN(C(C)C)C4)cn3)ncc2F)sc2c(C(C)C)cn(C)c(=O)c12. The summed E-state index contributed by atoms with van der Waals surface area (Å²) in [6.07, 6.45) is 6.08. The van der Waals surface area contributed by atoms with Crippen molar-refractivity contribution in [3.8, 4) is 10.6 Å². The van der Waals surface area contributed by atoms with Crippen molar-refractivity contribution in [3.05, 3.63) is 63.6 Å². The number of likely N-dealkylation sites (tertiary alicyclic amines) is 1. The minimum absolute atomic E-state index is 0.0877. The van der Waals surface area contributed by atoms with E-state index >= 15 is 4.39 Å². The lowest BCUT2D eigenvalue weighted by Crippen LogP contribution is -2.27. The normalized spacial score (nSPS) is 16.4. The van der Waals surface area contributed by atoms with Gasteiger partial charge in [-0.3, -0.25) is 4.79 Å². The second-order valence-electron chi connectivity index (χ2n) is 10.5. The Morgan fingerprint density at radius 2 is 1.95 bits per heavy atom. The zero-order chi connectivity index (χ0) is 26.4. The first-order valence-corrected chi connectivity index (χ1v) is 13.6. The van der Waals surface area contributed by atoms with Gasteiger partial charge >= 0.3 is 0 Å². The van der Waals surface area contributed by atoms with Crippen molar-refractivity contribution in [1.29, 1.82) is 0 Å². The van der Waals surface area contributed by atoms with Crippen LogP contribution in [-0.4, -0.2) is 43.6 Å². The molecule has 0 amide bonds. The number of rotatable bonds is 6. The summed E-state index contributed by atoms with van der Waals surface area (Å²) in [5, 5.41) is 3.74. The van der Waals surface area contributed by atoms with Gasteiger partial charge in [-0.1, -0.05) is 19.9 Å². The van der Waals surface area contributed by atoms with Gasteiger partial charge in [-0.2, -0.15) is 0 Å². The molecule has 1 saturated heterocycles. The molecule has 1 fully saturated rings. The molecule has 0 bridgehead atoms. The Hall–Kier alpha value is -3.17. The summed E-state index contributed by atoms with van der Waals surface area (Å²) in [4.78, 5) is 29.3. The van der Waals surface area contributed by atoms with E-state index in [2.05, 4.69) is 58.9 Å². The number of fused-ring (bicyclic) bond motifs is 1. The third kappa shape index (κ3) is 4.78. The number of nitrogens with one attached hydrogen (secondary N) is 1. The fraction of sp³-hybridized carbons (Fsp3) is 0.429. The lowest BCUT2D eigenvalue weighted by molar-refractivity contribution is 0.272. The Morgan fingerprint density at radius 1 is 1.16 bits per heavy atom. The fourth-order valence-electron chi connectivity index (χ4n) is 5.06. The zero-order valence-electron chi connectivity index (χ0n) is 22.2. The summed E-state index contributed by atoms with van der Waals surface area (Å²) in [5.41, 5.74) is 3.12. The highest BCUT2D eigenvalue weighted by Crippen LogP contribution is 2.40. The lowest BCUT2D eigenvalue weighted by Gasteiger charge is -2.20. The first-order chi connectivity index (χ1) is 17.6. The van der Waals surface area contributed by atoms with Gasteiger partial charge in [0.25, 0.3) is 5.56 Å². The minimum atomic E-state index is -0.526. The van der Waals surface area contributed by atoms with Gasteiger partial charge < -0.3 is 14.8 Å². The highest BCUT2D eigenvalue weighted by molar-refractivity contribution is 7.22. The fourth-order valence-corrected chi connectivity index (χ4v) is 6.51. The molecule has 1 atom stereocenters. The maximum atomic E-state index is 15.0. The largest absolute Gasteiger partial charge is 0.318 e. The van der Waals surface area contributed by atoms with E-state index in [1.807, 2.05) is 25.4 Å². The van der Waals surface area contributed by atoms with Crippen LogP contribution in [-0.2, 0) is 7.05 Å². The molecule has 0 spiro atoms. The molecule has 5 rings (SSSR count). The van der Waals surface area contributed by atoms with Crippen molar-refractivity contribution in [2.24, 2.45) is 7.05 Å². The minimum Gasteiger partial charge on any atom is -0.318 e. The van der Waals surface area contributed by atoms with Crippen molar-refractivity contribution in [3.63, 3.8) is 0 Å². The van der Waals surface area contributed by atoms with E-state index in [0.717, 1.165) is 35.3 Å². The monoisotopic (exact) mass is 520 g/mol. The molecule has 1 aliphatic heterocycles. The quantitative estimate of drug-likeness (QED) is 0.338. The molecule has 5 heterocycles. The van der Waals surface area contributed by atoms with Crippen LogP contribution in [0.25, 0.3) is 20.7 Å². The van der Waals surface area contributed by atoms with Crippen molar-refractivity contribution in [2.75, 3.05) is 18.4 Å². The Morgan fingerprint density at radius 3 is 2.59 bits per heavy atom. The van der Waals surface area contributed by atoms with Crippen LogP contribution in [0.4, 0.5) is 16.2 Å². The predicted octanol–water partition coefficient (Wildman–Crippen LogP) is 5.96. The molecular weight excluding hydrogens is 487 g/mol. The number of halogens is 1. The first kappa shape index (κ1) is 25.5.